The maximum absolute atomic E-state index is 12.3. The van der Waals surface area contributed by atoms with Crippen molar-refractivity contribution in [3.8, 4) is 0 Å². The van der Waals surface area contributed by atoms with E-state index in [0.717, 1.165) is 17.7 Å². The molecule has 0 unspecified atom stereocenters. The fraction of sp³-hybridized carbons (Fsp3) is 0.273. The third kappa shape index (κ3) is 4.98. The highest BCUT2D eigenvalue weighted by molar-refractivity contribution is 6.36. The molecule has 1 aromatic rings. The molecule has 0 saturated heterocycles. The van der Waals surface area contributed by atoms with Crippen LogP contribution in [0.2, 0.25) is 0 Å². The topological polar surface area (TPSA) is 12.0 Å². The number of nitrogens with one attached hydrogen (secondary N) is 1. The smallest absolute Gasteiger partial charge is 0.308 e. The van der Waals surface area contributed by atoms with E-state index >= 15 is 0 Å². The summed E-state index contributed by atoms with van der Waals surface area (Å²) in [4.78, 5) is 0. The van der Waals surface area contributed by atoms with Gasteiger partial charge in [-0.2, -0.15) is 13.2 Å². The molecule has 0 aromatic heterocycles. The van der Waals surface area contributed by atoms with Gasteiger partial charge in [0.15, 0.2) is 0 Å². The second kappa shape index (κ2) is 6.28. The molecule has 1 aromatic carbocycles. The number of rotatable bonds is 4. The molecule has 0 radical (unpaired) electrons. The van der Waals surface area contributed by atoms with Gasteiger partial charge in [-0.3, -0.25) is 0 Å². The van der Waals surface area contributed by atoms with Crippen molar-refractivity contribution in [2.24, 2.45) is 0 Å². The number of benzene rings is 1. The van der Waals surface area contributed by atoms with Gasteiger partial charge in [-0.05, 0) is 17.7 Å². The minimum atomic E-state index is -4.30. The van der Waals surface area contributed by atoms with Gasteiger partial charge in [-0.25, -0.2) is 0 Å². The zero-order valence-electron chi connectivity index (χ0n) is 8.69. The van der Waals surface area contributed by atoms with Crippen LogP contribution in [0, 0.1) is 0 Å². The normalized spacial score (nSPS) is 12.9. The summed E-state index contributed by atoms with van der Waals surface area (Å²) in [6.45, 7) is 0.811. The molecule has 0 aliphatic heterocycles. The Bertz CT molecular complexity index is 385. The summed E-state index contributed by atoms with van der Waals surface area (Å²) in [6, 6.07) is 4.95. The van der Waals surface area contributed by atoms with Crippen molar-refractivity contribution in [2.45, 2.75) is 12.7 Å². The second-order valence-electron chi connectivity index (χ2n) is 3.35. The molecule has 0 heterocycles. The highest BCUT2D eigenvalue weighted by Crippen LogP contribution is 2.28. The van der Waals surface area contributed by atoms with E-state index < -0.39 is 11.7 Å². The van der Waals surface area contributed by atoms with E-state index in [1.165, 1.54) is 17.7 Å². The zero-order chi connectivity index (χ0) is 12.9. The molecule has 0 atom stereocenters. The van der Waals surface area contributed by atoms with Crippen LogP contribution in [0.15, 0.2) is 34.8 Å². The summed E-state index contributed by atoms with van der Waals surface area (Å²) in [6.07, 6.45) is -4.30. The summed E-state index contributed by atoms with van der Waals surface area (Å²) < 4.78 is 36.8. The third-order valence-corrected chi connectivity index (χ3v) is 2.64. The van der Waals surface area contributed by atoms with Crippen LogP contribution in [0.25, 0.3) is 0 Å². The average Bonchev–Trinajstić information content (AvgIpc) is 2.28. The quantitative estimate of drug-likeness (QED) is 0.877. The lowest BCUT2D eigenvalue weighted by Crippen LogP contribution is -2.15. The van der Waals surface area contributed by atoms with Crippen molar-refractivity contribution < 1.29 is 13.2 Å². The first-order valence-corrected chi connectivity index (χ1v) is 5.56. The molecule has 94 valence electrons. The fourth-order valence-corrected chi connectivity index (χ4v) is 1.35. The summed E-state index contributed by atoms with van der Waals surface area (Å²) >= 11 is 11.0. The summed E-state index contributed by atoms with van der Waals surface area (Å²) in [5, 5.41) is 3.39. The Kier molecular flexibility index (Phi) is 5.31. The van der Waals surface area contributed by atoms with Gasteiger partial charge in [0.2, 0.25) is 0 Å². The first kappa shape index (κ1) is 14.4. The Balaban J connectivity index is 2.52. The molecule has 17 heavy (non-hydrogen) atoms. The van der Waals surface area contributed by atoms with E-state index in [-0.39, 0.29) is 0 Å². The Morgan fingerprint density at radius 1 is 1.24 bits per heavy atom. The minimum absolute atomic E-state index is 0.381. The van der Waals surface area contributed by atoms with E-state index in [2.05, 4.69) is 5.32 Å². The van der Waals surface area contributed by atoms with Gasteiger partial charge in [0.25, 0.3) is 0 Å². The fourth-order valence-electron chi connectivity index (χ4n) is 1.18. The Morgan fingerprint density at radius 3 is 2.29 bits per heavy atom. The average molecular weight is 284 g/mol. The molecule has 0 aliphatic rings. The first-order valence-electron chi connectivity index (χ1n) is 4.75. The predicted molar refractivity (Wildman–Crippen MR) is 62.9 cm³/mol. The van der Waals surface area contributed by atoms with Gasteiger partial charge in [-0.1, -0.05) is 35.3 Å². The molecular formula is C11H10Cl2F3N. The predicted octanol–water partition coefficient (Wildman–Crippen LogP) is 4.11. The lowest BCUT2D eigenvalue weighted by Gasteiger charge is -2.08. The van der Waals surface area contributed by atoms with Crippen LogP contribution in [-0.2, 0) is 12.7 Å². The summed E-state index contributed by atoms with van der Waals surface area (Å²) in [7, 11) is 0. The van der Waals surface area contributed by atoms with Crippen LogP contribution in [0.5, 0.6) is 0 Å². The van der Waals surface area contributed by atoms with E-state index in [4.69, 9.17) is 23.2 Å². The molecular weight excluding hydrogens is 274 g/mol. The van der Waals surface area contributed by atoms with Crippen LogP contribution >= 0.6 is 23.2 Å². The van der Waals surface area contributed by atoms with Crippen molar-refractivity contribution in [3.63, 3.8) is 0 Å². The second-order valence-corrected chi connectivity index (χ2v) is 4.06. The number of hydrogen-bond acceptors (Lipinski definition) is 1. The molecule has 0 aliphatic carbocycles. The lowest BCUT2D eigenvalue weighted by molar-refractivity contribution is -0.137. The SMILES string of the molecule is FC(F)(F)c1ccc(CNCC(Cl)=CCl)cc1. The third-order valence-electron chi connectivity index (χ3n) is 2.02. The minimum Gasteiger partial charge on any atom is -0.308 e. The first-order chi connectivity index (χ1) is 7.93. The Hall–Kier alpha value is -0.710. The van der Waals surface area contributed by atoms with Crippen molar-refractivity contribution in [1.29, 1.82) is 0 Å². The zero-order valence-corrected chi connectivity index (χ0v) is 10.2. The largest absolute Gasteiger partial charge is 0.416 e. The van der Waals surface area contributed by atoms with Crippen LogP contribution < -0.4 is 5.32 Å². The van der Waals surface area contributed by atoms with Gasteiger partial charge in [0.05, 0.1) is 5.56 Å². The molecule has 1 nitrogen and oxygen atoms in total. The molecule has 6 heteroatoms. The van der Waals surface area contributed by atoms with Crippen LogP contribution in [-0.4, -0.2) is 6.54 Å². The van der Waals surface area contributed by atoms with Crippen LogP contribution in [0.4, 0.5) is 13.2 Å². The summed E-state index contributed by atoms with van der Waals surface area (Å²) in [5.74, 6) is 0. The van der Waals surface area contributed by atoms with Crippen molar-refractivity contribution in [2.75, 3.05) is 6.54 Å². The van der Waals surface area contributed by atoms with E-state index in [0.29, 0.717) is 18.1 Å². The van der Waals surface area contributed by atoms with Gasteiger partial charge >= 0.3 is 6.18 Å². The molecule has 1 N–H and O–H groups in total. The molecule has 0 spiro atoms. The standard InChI is InChI=1S/C11H10Cl2F3N/c12-5-10(13)7-17-6-8-1-3-9(4-2-8)11(14,15)16/h1-5,17H,6-7H2. The van der Waals surface area contributed by atoms with Gasteiger partial charge < -0.3 is 5.32 Å². The van der Waals surface area contributed by atoms with Crippen molar-refractivity contribution in [3.05, 3.63) is 46.0 Å². The van der Waals surface area contributed by atoms with Crippen LogP contribution in [0.3, 0.4) is 0 Å². The van der Waals surface area contributed by atoms with E-state index in [1.54, 1.807) is 0 Å². The number of halogens is 5. The maximum Gasteiger partial charge on any atom is 0.416 e. The summed E-state index contributed by atoms with van der Waals surface area (Å²) in [5.41, 5.74) is 1.33. The van der Waals surface area contributed by atoms with E-state index in [1.807, 2.05) is 0 Å². The molecule has 1 rings (SSSR count). The molecule has 0 bridgehead atoms. The molecule has 0 amide bonds. The lowest BCUT2D eigenvalue weighted by atomic mass is 10.1. The highest BCUT2D eigenvalue weighted by atomic mass is 35.5. The van der Waals surface area contributed by atoms with Crippen molar-refractivity contribution >= 4 is 23.2 Å². The maximum atomic E-state index is 12.3. The van der Waals surface area contributed by atoms with E-state index in [9.17, 15) is 13.2 Å². The monoisotopic (exact) mass is 283 g/mol. The van der Waals surface area contributed by atoms with Gasteiger partial charge in [0, 0.05) is 23.7 Å². The number of alkyl halides is 3. The Labute approximate surface area is 107 Å². The van der Waals surface area contributed by atoms with Crippen LogP contribution in [0.1, 0.15) is 11.1 Å². The molecule has 0 fully saturated rings. The van der Waals surface area contributed by atoms with Gasteiger partial charge in [-0.15, -0.1) is 0 Å². The molecule has 0 saturated carbocycles. The van der Waals surface area contributed by atoms with Gasteiger partial charge in [0.1, 0.15) is 0 Å². The highest BCUT2D eigenvalue weighted by Gasteiger charge is 2.29. The van der Waals surface area contributed by atoms with Crippen molar-refractivity contribution in [1.82, 2.24) is 5.32 Å². The number of hydrogen-bond donors (Lipinski definition) is 1. The Morgan fingerprint density at radius 2 is 1.82 bits per heavy atom.